The Morgan fingerprint density at radius 2 is 2.08 bits per heavy atom. The molecule has 1 aliphatic heterocycles. The predicted octanol–water partition coefficient (Wildman–Crippen LogP) is 2.82. The number of thioether (sulfide) groups is 1. The largest absolute Gasteiger partial charge is 0.198 e. The van der Waals surface area contributed by atoms with Crippen LogP contribution in [0.5, 0.6) is 0 Å². The van der Waals surface area contributed by atoms with E-state index in [-0.39, 0.29) is 0 Å². The fourth-order valence-corrected chi connectivity index (χ4v) is 3.64. The lowest BCUT2D eigenvalue weighted by molar-refractivity contribution is 0.241. The molecule has 0 amide bonds. The molecule has 0 aromatic heterocycles. The van der Waals surface area contributed by atoms with E-state index in [9.17, 15) is 0 Å². The minimum atomic E-state index is 0.381. The third-order valence-corrected chi connectivity index (χ3v) is 4.65. The van der Waals surface area contributed by atoms with Crippen molar-refractivity contribution in [3.63, 3.8) is 0 Å². The van der Waals surface area contributed by atoms with E-state index in [1.54, 1.807) is 0 Å². The minimum Gasteiger partial charge on any atom is -0.198 e. The smallest absolute Gasteiger partial charge is 0.0670 e. The second kappa shape index (κ2) is 3.70. The Morgan fingerprint density at radius 3 is 2.50 bits per heavy atom. The van der Waals surface area contributed by atoms with E-state index >= 15 is 0 Å². The Labute approximate surface area is 78.5 Å². The Balaban J connectivity index is 1.92. The van der Waals surface area contributed by atoms with Gasteiger partial charge in [0.25, 0.3) is 0 Å². The lowest BCUT2D eigenvalue weighted by Crippen LogP contribution is -2.27. The molecule has 2 atom stereocenters. The minimum absolute atomic E-state index is 0.381. The van der Waals surface area contributed by atoms with Crippen molar-refractivity contribution >= 4 is 11.8 Å². The highest BCUT2D eigenvalue weighted by molar-refractivity contribution is 8.00. The van der Waals surface area contributed by atoms with Gasteiger partial charge in [0.1, 0.15) is 0 Å². The summed E-state index contributed by atoms with van der Waals surface area (Å²) in [6, 6.07) is 2.53. The molecule has 0 N–H and O–H groups in total. The summed E-state index contributed by atoms with van der Waals surface area (Å²) >= 11 is 2.03. The summed E-state index contributed by atoms with van der Waals surface area (Å²) in [6.07, 6.45) is 6.62. The number of hydrogen-bond donors (Lipinski definition) is 0. The summed E-state index contributed by atoms with van der Waals surface area (Å²) in [4.78, 5) is 0. The van der Waals surface area contributed by atoms with Crippen molar-refractivity contribution in [2.24, 2.45) is 11.8 Å². The van der Waals surface area contributed by atoms with E-state index in [2.05, 4.69) is 6.07 Å². The van der Waals surface area contributed by atoms with Gasteiger partial charge in [-0.15, -0.1) is 0 Å². The van der Waals surface area contributed by atoms with Gasteiger partial charge in [-0.2, -0.15) is 17.0 Å². The van der Waals surface area contributed by atoms with Crippen LogP contribution in [0.15, 0.2) is 0 Å². The Hall–Kier alpha value is -0.160. The molecule has 1 saturated heterocycles. The summed E-state index contributed by atoms with van der Waals surface area (Å²) in [7, 11) is 0. The van der Waals surface area contributed by atoms with Crippen LogP contribution in [0, 0.1) is 23.2 Å². The van der Waals surface area contributed by atoms with Gasteiger partial charge in [-0.05, 0) is 37.4 Å². The first-order valence-corrected chi connectivity index (χ1v) is 5.98. The molecule has 0 aromatic rings. The molecule has 1 saturated carbocycles. The Bertz CT molecular complexity index is 187. The molecule has 2 unspecified atom stereocenters. The third kappa shape index (κ3) is 1.47. The monoisotopic (exact) mass is 181 g/mol. The van der Waals surface area contributed by atoms with Crippen molar-refractivity contribution in [2.75, 3.05) is 5.75 Å². The molecule has 1 heterocycles. The first-order chi connectivity index (χ1) is 5.92. The van der Waals surface area contributed by atoms with Gasteiger partial charge in [-0.1, -0.05) is 6.42 Å². The van der Waals surface area contributed by atoms with Crippen molar-refractivity contribution in [1.29, 1.82) is 5.26 Å². The van der Waals surface area contributed by atoms with Gasteiger partial charge in [-0.3, -0.25) is 0 Å². The lowest BCUT2D eigenvalue weighted by atomic mass is 9.74. The molecule has 1 aliphatic carbocycles. The quantitative estimate of drug-likeness (QED) is 0.654. The Kier molecular flexibility index (Phi) is 2.60. The fourth-order valence-electron chi connectivity index (χ4n) is 2.18. The molecule has 0 bridgehead atoms. The lowest BCUT2D eigenvalue weighted by Gasteiger charge is -2.32. The molecule has 66 valence electrons. The molecule has 12 heavy (non-hydrogen) atoms. The SMILES string of the molecule is N#CC(C1CCC1)C1CCCS1. The second-order valence-corrected chi connectivity index (χ2v) is 5.24. The van der Waals surface area contributed by atoms with E-state index < -0.39 is 0 Å². The summed E-state index contributed by atoms with van der Waals surface area (Å²) in [5.74, 6) is 2.42. The van der Waals surface area contributed by atoms with Gasteiger partial charge in [0, 0.05) is 5.25 Å². The predicted molar refractivity (Wildman–Crippen MR) is 51.9 cm³/mol. The molecule has 2 fully saturated rings. The molecule has 1 nitrogen and oxygen atoms in total. The summed E-state index contributed by atoms with van der Waals surface area (Å²) in [5, 5.41) is 9.74. The van der Waals surface area contributed by atoms with Gasteiger partial charge in [0.2, 0.25) is 0 Å². The van der Waals surface area contributed by atoms with Gasteiger partial charge >= 0.3 is 0 Å². The van der Waals surface area contributed by atoms with Gasteiger partial charge in [-0.25, -0.2) is 0 Å². The molecule has 0 aromatic carbocycles. The maximum absolute atomic E-state index is 9.06. The zero-order chi connectivity index (χ0) is 8.39. The van der Waals surface area contributed by atoms with Crippen LogP contribution in [-0.4, -0.2) is 11.0 Å². The highest BCUT2D eigenvalue weighted by Crippen LogP contribution is 2.42. The molecular formula is C10H15NS. The molecule has 0 spiro atoms. The molecular weight excluding hydrogens is 166 g/mol. The molecule has 2 rings (SSSR count). The maximum Gasteiger partial charge on any atom is 0.0670 e. The Morgan fingerprint density at radius 1 is 1.25 bits per heavy atom. The van der Waals surface area contributed by atoms with E-state index in [1.807, 2.05) is 11.8 Å². The number of hydrogen-bond acceptors (Lipinski definition) is 2. The second-order valence-electron chi connectivity index (χ2n) is 3.90. The summed E-state index contributed by atoms with van der Waals surface area (Å²) in [5.41, 5.74) is 0. The number of nitriles is 1. The topological polar surface area (TPSA) is 23.8 Å². The first-order valence-electron chi connectivity index (χ1n) is 4.93. The van der Waals surface area contributed by atoms with E-state index in [0.29, 0.717) is 11.2 Å². The number of rotatable bonds is 2. The van der Waals surface area contributed by atoms with Crippen LogP contribution < -0.4 is 0 Å². The third-order valence-electron chi connectivity index (χ3n) is 3.17. The maximum atomic E-state index is 9.06. The average molecular weight is 181 g/mol. The molecule has 2 aliphatic rings. The average Bonchev–Trinajstić information content (AvgIpc) is 2.47. The van der Waals surface area contributed by atoms with Crippen molar-refractivity contribution < 1.29 is 0 Å². The van der Waals surface area contributed by atoms with Crippen molar-refractivity contribution in [3.05, 3.63) is 0 Å². The normalized spacial score (nSPS) is 32.4. The van der Waals surface area contributed by atoms with E-state index in [1.165, 1.54) is 37.9 Å². The highest BCUT2D eigenvalue weighted by Gasteiger charge is 2.34. The van der Waals surface area contributed by atoms with Crippen molar-refractivity contribution in [3.8, 4) is 6.07 Å². The highest BCUT2D eigenvalue weighted by atomic mass is 32.2. The van der Waals surface area contributed by atoms with Crippen molar-refractivity contribution in [2.45, 2.75) is 37.4 Å². The number of nitrogens with zero attached hydrogens (tertiary/aromatic N) is 1. The molecule has 2 heteroatoms. The first kappa shape index (κ1) is 8.44. The zero-order valence-corrected chi connectivity index (χ0v) is 8.15. The molecule has 0 radical (unpaired) electrons. The van der Waals surface area contributed by atoms with E-state index in [4.69, 9.17) is 5.26 Å². The standard InChI is InChI=1S/C10H15NS/c11-7-9(8-3-1-4-8)10-5-2-6-12-10/h8-10H,1-6H2. The zero-order valence-electron chi connectivity index (χ0n) is 7.33. The van der Waals surface area contributed by atoms with Crippen LogP contribution in [0.4, 0.5) is 0 Å². The van der Waals surface area contributed by atoms with Crippen LogP contribution in [0.25, 0.3) is 0 Å². The van der Waals surface area contributed by atoms with Gasteiger partial charge in [0.15, 0.2) is 0 Å². The van der Waals surface area contributed by atoms with Gasteiger partial charge in [0.05, 0.1) is 12.0 Å². The summed E-state index contributed by atoms with van der Waals surface area (Å²) in [6.45, 7) is 0. The van der Waals surface area contributed by atoms with Crippen LogP contribution in [0.3, 0.4) is 0 Å². The van der Waals surface area contributed by atoms with Crippen LogP contribution in [0.1, 0.15) is 32.1 Å². The van der Waals surface area contributed by atoms with Crippen LogP contribution in [-0.2, 0) is 0 Å². The fraction of sp³-hybridized carbons (Fsp3) is 0.900. The van der Waals surface area contributed by atoms with Gasteiger partial charge < -0.3 is 0 Å². The van der Waals surface area contributed by atoms with Crippen LogP contribution in [0.2, 0.25) is 0 Å². The van der Waals surface area contributed by atoms with Crippen molar-refractivity contribution in [1.82, 2.24) is 0 Å². The van der Waals surface area contributed by atoms with E-state index in [0.717, 1.165) is 5.92 Å². The van der Waals surface area contributed by atoms with Crippen LogP contribution >= 0.6 is 11.8 Å². The summed E-state index contributed by atoms with van der Waals surface area (Å²) < 4.78 is 0.